The number of hydrogen-bond donors (Lipinski definition) is 1. The van der Waals surface area contributed by atoms with Crippen LogP contribution < -0.4 is 0 Å². The molecule has 0 radical (unpaired) electrons. The predicted molar refractivity (Wildman–Crippen MR) is 70.1 cm³/mol. The highest BCUT2D eigenvalue weighted by molar-refractivity contribution is 6.48. The van der Waals surface area contributed by atoms with Crippen LogP contribution in [0.15, 0.2) is 24.3 Å². The summed E-state index contributed by atoms with van der Waals surface area (Å²) >= 11 is 0. The average molecular weight is 238 g/mol. The number of rotatable bonds is 3. The summed E-state index contributed by atoms with van der Waals surface area (Å²) in [5.41, 5.74) is 2.18. The first kappa shape index (κ1) is 13.4. The zero-order valence-electron chi connectivity index (χ0n) is 10.8. The summed E-state index contributed by atoms with van der Waals surface area (Å²) in [5.74, 6) is 0. The molecule has 1 aromatic carbocycles. The Bertz CT molecular complexity index is 342. The molecule has 16 heavy (non-hydrogen) atoms. The molecule has 0 aliphatic heterocycles. The Morgan fingerprint density at radius 1 is 1.25 bits per heavy atom. The fourth-order valence-electron chi connectivity index (χ4n) is 1.50. The van der Waals surface area contributed by atoms with Crippen LogP contribution in [0.2, 0.25) is 13.1 Å². The third-order valence-electron chi connectivity index (χ3n) is 2.44. The van der Waals surface area contributed by atoms with Crippen LogP contribution in [0.5, 0.6) is 0 Å². The van der Waals surface area contributed by atoms with Gasteiger partial charge in [-0.2, -0.15) is 0 Å². The van der Waals surface area contributed by atoms with Gasteiger partial charge in [0.1, 0.15) is 0 Å². The first-order chi connectivity index (χ1) is 7.30. The van der Waals surface area contributed by atoms with Crippen molar-refractivity contribution in [2.24, 2.45) is 0 Å². The van der Waals surface area contributed by atoms with Crippen LogP contribution in [0.1, 0.15) is 38.2 Å². The first-order valence-electron chi connectivity index (χ1n) is 5.74. The van der Waals surface area contributed by atoms with E-state index < -0.39 is 15.3 Å². The second-order valence-electron chi connectivity index (χ2n) is 5.41. The molecule has 0 spiro atoms. The van der Waals surface area contributed by atoms with Crippen molar-refractivity contribution in [3.8, 4) is 0 Å². The van der Waals surface area contributed by atoms with Gasteiger partial charge in [0.15, 0.2) is 15.3 Å². The van der Waals surface area contributed by atoms with Crippen molar-refractivity contribution in [2.75, 3.05) is 0 Å². The van der Waals surface area contributed by atoms with Gasteiger partial charge in [0.2, 0.25) is 0 Å². The van der Waals surface area contributed by atoms with Crippen molar-refractivity contribution in [3.63, 3.8) is 0 Å². The first-order valence-corrected chi connectivity index (χ1v) is 8.53. The van der Waals surface area contributed by atoms with Crippen molar-refractivity contribution in [2.45, 2.75) is 45.6 Å². The molecule has 0 saturated heterocycles. The molecule has 90 valence electrons. The van der Waals surface area contributed by atoms with Crippen molar-refractivity contribution in [1.29, 1.82) is 0 Å². The van der Waals surface area contributed by atoms with E-state index in [1.165, 1.54) is 5.56 Å². The fourth-order valence-corrected chi connectivity index (χ4v) is 2.17. The van der Waals surface area contributed by atoms with Crippen LogP contribution in [0, 0.1) is 0 Å². The van der Waals surface area contributed by atoms with Crippen molar-refractivity contribution >= 4 is 9.04 Å². The molecule has 0 aromatic heterocycles. The molecule has 0 bridgehead atoms. The quantitative estimate of drug-likeness (QED) is 0.648. The van der Waals surface area contributed by atoms with Crippen LogP contribution >= 0.6 is 0 Å². The van der Waals surface area contributed by atoms with Gasteiger partial charge in [-0.1, -0.05) is 45.0 Å². The van der Waals surface area contributed by atoms with Crippen LogP contribution in [0.4, 0.5) is 0 Å². The number of hydrogen-bond acceptors (Lipinski definition) is 2. The smallest absolute Gasteiger partial charge is 0.174 e. The van der Waals surface area contributed by atoms with Gasteiger partial charge in [0.25, 0.3) is 0 Å². The minimum atomic E-state index is -1.21. The molecule has 0 aliphatic rings. The van der Waals surface area contributed by atoms with Gasteiger partial charge in [-0.25, -0.2) is 0 Å². The minimum absolute atomic E-state index is 0.102. The summed E-state index contributed by atoms with van der Waals surface area (Å²) < 4.78 is 5.50. The van der Waals surface area contributed by atoms with Crippen molar-refractivity contribution in [1.82, 2.24) is 0 Å². The fraction of sp³-hybridized carbons (Fsp3) is 0.538. The van der Waals surface area contributed by atoms with Gasteiger partial charge in [0, 0.05) is 5.56 Å². The number of aliphatic hydroxyl groups excluding tert-OH is 1. The molecule has 1 atom stereocenters. The van der Waals surface area contributed by atoms with E-state index >= 15 is 0 Å². The molecule has 0 heterocycles. The van der Waals surface area contributed by atoms with Gasteiger partial charge in [-0.15, -0.1) is 0 Å². The summed E-state index contributed by atoms with van der Waals surface area (Å²) in [6.07, 6.45) is -0.769. The second-order valence-corrected chi connectivity index (χ2v) is 7.78. The molecule has 0 aliphatic carbocycles. The zero-order valence-corrected chi connectivity index (χ0v) is 12.0. The predicted octanol–water partition coefficient (Wildman–Crippen LogP) is 2.98. The maximum absolute atomic E-state index is 9.89. The van der Waals surface area contributed by atoms with E-state index in [2.05, 4.69) is 39.9 Å². The Morgan fingerprint density at radius 2 is 1.88 bits per heavy atom. The number of aliphatic hydroxyl groups is 1. The summed E-state index contributed by atoms with van der Waals surface area (Å²) in [5, 5.41) is 9.89. The molecule has 2 nitrogen and oxygen atoms in total. The monoisotopic (exact) mass is 238 g/mol. The highest BCUT2D eigenvalue weighted by Gasteiger charge is 2.16. The lowest BCUT2D eigenvalue weighted by Crippen LogP contribution is -2.15. The summed E-state index contributed by atoms with van der Waals surface area (Å²) in [7, 11) is -1.21. The van der Waals surface area contributed by atoms with Gasteiger partial charge >= 0.3 is 0 Å². The van der Waals surface area contributed by atoms with Crippen molar-refractivity contribution < 1.29 is 9.53 Å². The maximum atomic E-state index is 9.89. The largest absolute Gasteiger partial charge is 0.393 e. The van der Waals surface area contributed by atoms with E-state index in [0.717, 1.165) is 5.56 Å². The van der Waals surface area contributed by atoms with E-state index in [4.69, 9.17) is 4.43 Å². The Morgan fingerprint density at radius 3 is 2.38 bits per heavy atom. The Kier molecular flexibility index (Phi) is 4.30. The SMILES string of the molecule is C[SiH](C)OC(O)c1cccc(C(C)(C)C)c1. The van der Waals surface area contributed by atoms with Gasteiger partial charge in [-0.3, -0.25) is 0 Å². The van der Waals surface area contributed by atoms with E-state index in [-0.39, 0.29) is 5.41 Å². The highest BCUT2D eigenvalue weighted by Crippen LogP contribution is 2.25. The third-order valence-corrected chi connectivity index (χ3v) is 3.24. The average Bonchev–Trinajstić information content (AvgIpc) is 2.15. The van der Waals surface area contributed by atoms with Crippen LogP contribution in [0.3, 0.4) is 0 Å². The lowest BCUT2D eigenvalue weighted by molar-refractivity contribution is -0.0212. The minimum Gasteiger partial charge on any atom is -0.393 e. The van der Waals surface area contributed by atoms with E-state index in [0.29, 0.717) is 0 Å². The molecule has 3 heteroatoms. The topological polar surface area (TPSA) is 29.5 Å². The summed E-state index contributed by atoms with van der Waals surface area (Å²) in [6.45, 7) is 10.6. The van der Waals surface area contributed by atoms with Gasteiger partial charge in [0.05, 0.1) is 0 Å². The Hall–Kier alpha value is -0.643. The lowest BCUT2D eigenvalue weighted by Gasteiger charge is -2.21. The lowest BCUT2D eigenvalue weighted by atomic mass is 9.86. The van der Waals surface area contributed by atoms with E-state index in [1.54, 1.807) is 0 Å². The highest BCUT2D eigenvalue weighted by atomic mass is 28.3. The summed E-state index contributed by atoms with van der Waals surface area (Å²) in [6, 6.07) is 8.01. The molecule has 1 aromatic rings. The third kappa shape index (κ3) is 3.74. The Labute approximate surface area is 100.0 Å². The van der Waals surface area contributed by atoms with E-state index in [9.17, 15) is 5.11 Å². The molecule has 1 unspecified atom stereocenters. The standard InChI is InChI=1S/C13H22O2Si/c1-13(2,3)11-8-6-7-10(9-11)12(14)15-16(4)5/h6-9,12,14,16H,1-5H3. The molecular formula is C13H22O2Si. The van der Waals surface area contributed by atoms with Crippen LogP contribution in [-0.2, 0) is 9.84 Å². The molecule has 0 saturated carbocycles. The molecular weight excluding hydrogens is 216 g/mol. The number of benzene rings is 1. The Balaban J connectivity index is 2.90. The zero-order chi connectivity index (χ0) is 12.3. The van der Waals surface area contributed by atoms with Gasteiger partial charge in [-0.05, 0) is 24.1 Å². The van der Waals surface area contributed by atoms with Crippen LogP contribution in [0.25, 0.3) is 0 Å². The molecule has 0 amide bonds. The normalized spacial score (nSPS) is 14.2. The van der Waals surface area contributed by atoms with Crippen LogP contribution in [-0.4, -0.2) is 14.1 Å². The van der Waals surface area contributed by atoms with Crippen molar-refractivity contribution in [3.05, 3.63) is 35.4 Å². The molecule has 1 N–H and O–H groups in total. The maximum Gasteiger partial charge on any atom is 0.174 e. The molecule has 0 fully saturated rings. The summed E-state index contributed by atoms with van der Waals surface area (Å²) in [4.78, 5) is 0. The van der Waals surface area contributed by atoms with E-state index in [1.807, 2.05) is 18.2 Å². The van der Waals surface area contributed by atoms with Gasteiger partial charge < -0.3 is 9.53 Å². The second kappa shape index (κ2) is 5.12. The molecule has 1 rings (SSSR count).